The molecule has 0 aliphatic rings. The van der Waals surface area contributed by atoms with Crippen molar-refractivity contribution in [3.63, 3.8) is 0 Å². The number of nitrogens with zero attached hydrogens (tertiary/aromatic N) is 4. The molecule has 0 aliphatic carbocycles. The molecule has 0 saturated carbocycles. The molecule has 8 heteroatoms. The second-order valence-corrected chi connectivity index (χ2v) is 4.53. The van der Waals surface area contributed by atoms with E-state index < -0.39 is 5.69 Å². The fraction of sp³-hybridized carbons (Fsp3) is 0.167. The molecule has 2 N–H and O–H groups in total. The minimum atomic E-state index is -0.403. The summed E-state index contributed by atoms with van der Waals surface area (Å²) in [5.41, 5.74) is 0.790. The van der Waals surface area contributed by atoms with E-state index >= 15 is 0 Å². The van der Waals surface area contributed by atoms with Crippen LogP contribution >= 0.6 is 11.6 Å². The zero-order valence-corrected chi connectivity index (χ0v) is 11.3. The highest BCUT2D eigenvalue weighted by atomic mass is 35.5. The summed E-state index contributed by atoms with van der Waals surface area (Å²) < 4.78 is 1.44. The van der Waals surface area contributed by atoms with Gasteiger partial charge in [0.1, 0.15) is 16.6 Å². The van der Waals surface area contributed by atoms with Crippen molar-refractivity contribution in [2.45, 2.75) is 6.54 Å². The summed E-state index contributed by atoms with van der Waals surface area (Å²) in [6.45, 7) is 0.281. The van der Waals surface area contributed by atoms with Crippen molar-refractivity contribution in [3.05, 3.63) is 46.0 Å². The van der Waals surface area contributed by atoms with Crippen molar-refractivity contribution in [2.24, 2.45) is 0 Å². The van der Waals surface area contributed by atoms with E-state index in [1.807, 2.05) is 0 Å². The Morgan fingerprint density at radius 3 is 2.95 bits per heavy atom. The summed E-state index contributed by atoms with van der Waals surface area (Å²) in [5, 5.41) is 3.94. The average Bonchev–Trinajstić information content (AvgIpc) is 2.94. The number of nitrogens with one attached hydrogen (secondary N) is 2. The van der Waals surface area contributed by atoms with Gasteiger partial charge in [-0.2, -0.15) is 4.98 Å². The molecular formula is C12H11ClN6O. The van der Waals surface area contributed by atoms with Crippen LogP contribution in [0.25, 0.3) is 11.0 Å². The summed E-state index contributed by atoms with van der Waals surface area (Å²) in [4.78, 5) is 27.3. The van der Waals surface area contributed by atoms with Crippen molar-refractivity contribution in [1.29, 1.82) is 0 Å². The van der Waals surface area contributed by atoms with Crippen LogP contribution in [0.3, 0.4) is 0 Å². The molecule has 0 radical (unpaired) electrons. The van der Waals surface area contributed by atoms with Gasteiger partial charge in [-0.1, -0.05) is 11.6 Å². The number of anilines is 1. The predicted molar refractivity (Wildman–Crippen MR) is 76.0 cm³/mol. The number of rotatable bonds is 3. The summed E-state index contributed by atoms with van der Waals surface area (Å²) >= 11 is 5.93. The molecule has 0 atom stereocenters. The van der Waals surface area contributed by atoms with Crippen LogP contribution in [0.4, 0.5) is 5.82 Å². The molecule has 0 unspecified atom stereocenters. The van der Waals surface area contributed by atoms with Gasteiger partial charge in [-0.05, 0) is 12.1 Å². The third-order valence-electron chi connectivity index (χ3n) is 2.90. The first-order valence-electron chi connectivity index (χ1n) is 5.91. The first-order chi connectivity index (χ1) is 9.69. The van der Waals surface area contributed by atoms with Gasteiger partial charge in [0.2, 0.25) is 0 Å². The normalized spacial score (nSPS) is 10.9. The molecule has 102 valence electrons. The first kappa shape index (κ1) is 12.6. The largest absolute Gasteiger partial charge is 0.372 e. The molecule has 7 nitrogen and oxygen atoms in total. The van der Waals surface area contributed by atoms with Gasteiger partial charge in [-0.3, -0.25) is 4.57 Å². The van der Waals surface area contributed by atoms with Crippen LogP contribution in [-0.2, 0) is 6.54 Å². The van der Waals surface area contributed by atoms with Crippen LogP contribution in [0.2, 0.25) is 5.15 Å². The van der Waals surface area contributed by atoms with E-state index in [4.69, 9.17) is 11.6 Å². The summed E-state index contributed by atoms with van der Waals surface area (Å²) in [6.07, 6.45) is 3.27. The molecule has 0 amide bonds. The van der Waals surface area contributed by atoms with E-state index in [0.717, 1.165) is 5.39 Å². The fourth-order valence-corrected chi connectivity index (χ4v) is 2.14. The SMILES string of the molecule is CNc1nc(=O)n(Cc2c[nH]cn2)c2nc(Cl)ccc12. The summed E-state index contributed by atoms with van der Waals surface area (Å²) in [5.74, 6) is 0.479. The Labute approximate surface area is 118 Å². The number of aromatic amines is 1. The van der Waals surface area contributed by atoms with Crippen molar-refractivity contribution < 1.29 is 0 Å². The molecule has 3 aromatic heterocycles. The topological polar surface area (TPSA) is 88.5 Å². The van der Waals surface area contributed by atoms with Crippen molar-refractivity contribution >= 4 is 28.5 Å². The van der Waals surface area contributed by atoms with Gasteiger partial charge in [-0.15, -0.1) is 0 Å². The van der Waals surface area contributed by atoms with E-state index in [-0.39, 0.29) is 6.54 Å². The Balaban J connectivity index is 2.27. The average molecular weight is 291 g/mol. The maximum Gasteiger partial charge on any atom is 0.351 e. The van der Waals surface area contributed by atoms with E-state index in [0.29, 0.717) is 22.3 Å². The molecule has 20 heavy (non-hydrogen) atoms. The maximum atomic E-state index is 12.1. The van der Waals surface area contributed by atoms with Gasteiger partial charge < -0.3 is 10.3 Å². The number of H-pyrrole nitrogens is 1. The van der Waals surface area contributed by atoms with E-state index in [1.54, 1.807) is 31.7 Å². The van der Waals surface area contributed by atoms with Gasteiger partial charge in [0.15, 0.2) is 0 Å². The van der Waals surface area contributed by atoms with Crippen molar-refractivity contribution in [1.82, 2.24) is 24.5 Å². The van der Waals surface area contributed by atoms with Crippen LogP contribution in [0.1, 0.15) is 5.69 Å². The lowest BCUT2D eigenvalue weighted by molar-refractivity contribution is 0.739. The Bertz CT molecular complexity index is 811. The van der Waals surface area contributed by atoms with Crippen molar-refractivity contribution in [2.75, 3.05) is 12.4 Å². The van der Waals surface area contributed by atoms with Crippen molar-refractivity contribution in [3.8, 4) is 0 Å². The van der Waals surface area contributed by atoms with Gasteiger partial charge in [0.25, 0.3) is 0 Å². The standard InChI is InChI=1S/C12H11ClN6O/c1-14-10-8-2-3-9(13)17-11(8)19(12(20)18-10)5-7-4-15-6-16-7/h2-4,6H,5H2,1H3,(H,15,16)(H,14,18,20). The number of pyridine rings is 1. The van der Waals surface area contributed by atoms with E-state index in [1.165, 1.54) is 4.57 Å². The van der Waals surface area contributed by atoms with Crippen LogP contribution in [-0.4, -0.2) is 31.6 Å². The molecule has 3 rings (SSSR count). The Morgan fingerprint density at radius 2 is 2.25 bits per heavy atom. The second-order valence-electron chi connectivity index (χ2n) is 4.14. The highest BCUT2D eigenvalue weighted by Gasteiger charge is 2.12. The van der Waals surface area contributed by atoms with Gasteiger partial charge in [0, 0.05) is 13.2 Å². The molecule has 0 spiro atoms. The zero-order chi connectivity index (χ0) is 14.1. The lowest BCUT2D eigenvalue weighted by atomic mass is 10.3. The molecule has 3 heterocycles. The highest BCUT2D eigenvalue weighted by Crippen LogP contribution is 2.20. The Kier molecular flexibility index (Phi) is 3.11. The maximum absolute atomic E-state index is 12.1. The van der Waals surface area contributed by atoms with Crippen LogP contribution < -0.4 is 11.0 Å². The third-order valence-corrected chi connectivity index (χ3v) is 3.11. The number of halogens is 1. The minimum Gasteiger partial charge on any atom is -0.372 e. The quantitative estimate of drug-likeness (QED) is 0.709. The summed E-state index contributed by atoms with van der Waals surface area (Å²) in [7, 11) is 1.70. The fourth-order valence-electron chi connectivity index (χ4n) is 2.00. The number of hydrogen-bond acceptors (Lipinski definition) is 5. The second kappa shape index (κ2) is 4.93. The monoisotopic (exact) mass is 290 g/mol. The lowest BCUT2D eigenvalue weighted by Crippen LogP contribution is -2.25. The first-order valence-corrected chi connectivity index (χ1v) is 6.29. The highest BCUT2D eigenvalue weighted by molar-refractivity contribution is 6.29. The van der Waals surface area contributed by atoms with Crippen LogP contribution in [0.15, 0.2) is 29.5 Å². The Hall–Kier alpha value is -2.41. The number of fused-ring (bicyclic) bond motifs is 1. The Morgan fingerprint density at radius 1 is 1.40 bits per heavy atom. The van der Waals surface area contributed by atoms with Crippen LogP contribution in [0.5, 0.6) is 0 Å². The smallest absolute Gasteiger partial charge is 0.351 e. The lowest BCUT2D eigenvalue weighted by Gasteiger charge is -2.10. The summed E-state index contributed by atoms with van der Waals surface area (Å²) in [6, 6.07) is 3.44. The number of hydrogen-bond donors (Lipinski definition) is 2. The van der Waals surface area contributed by atoms with E-state index in [2.05, 4.69) is 25.3 Å². The zero-order valence-electron chi connectivity index (χ0n) is 10.6. The molecule has 0 saturated heterocycles. The molecule has 0 aromatic carbocycles. The third kappa shape index (κ3) is 2.12. The molecule has 3 aromatic rings. The van der Waals surface area contributed by atoms with E-state index in [9.17, 15) is 4.79 Å². The molecule has 0 aliphatic heterocycles. The minimum absolute atomic E-state index is 0.281. The van der Waals surface area contributed by atoms with Crippen LogP contribution in [0, 0.1) is 0 Å². The molecular weight excluding hydrogens is 280 g/mol. The molecule has 0 fully saturated rings. The molecule has 0 bridgehead atoms. The predicted octanol–water partition coefficient (Wildman–Crippen LogP) is 1.26. The van der Waals surface area contributed by atoms with Gasteiger partial charge in [0.05, 0.1) is 24.0 Å². The van der Waals surface area contributed by atoms with Gasteiger partial charge in [-0.25, -0.2) is 14.8 Å². The van der Waals surface area contributed by atoms with Gasteiger partial charge >= 0.3 is 5.69 Å². The number of aromatic nitrogens is 5. The number of imidazole rings is 1.